The highest BCUT2D eigenvalue weighted by Gasteiger charge is 2.35. The van der Waals surface area contributed by atoms with Gasteiger partial charge in [-0.3, -0.25) is 15.2 Å². The summed E-state index contributed by atoms with van der Waals surface area (Å²) in [7, 11) is 1.59. The summed E-state index contributed by atoms with van der Waals surface area (Å²) in [6.07, 6.45) is 0.408. The number of nitrogens with one attached hydrogen (secondary N) is 2. The zero-order chi connectivity index (χ0) is 17.1. The molecule has 0 unspecified atom stereocenters. The summed E-state index contributed by atoms with van der Waals surface area (Å²) >= 11 is 0. The number of aromatic amines is 1. The molecule has 7 heteroatoms. The Morgan fingerprint density at radius 1 is 1.46 bits per heavy atom. The topological polar surface area (TPSA) is 89.1 Å². The maximum absolute atomic E-state index is 12.4. The first-order valence-corrected chi connectivity index (χ1v) is 7.74. The van der Waals surface area contributed by atoms with E-state index in [1.54, 1.807) is 7.11 Å². The Hall–Kier alpha value is -2.67. The molecule has 1 aliphatic rings. The lowest BCUT2D eigenvalue weighted by atomic mass is 9.96. The fraction of sp³-hybridized carbons (Fsp3) is 0.353. The molecular weight excluding hydrogens is 308 g/mol. The third-order valence-corrected chi connectivity index (χ3v) is 4.00. The second-order valence-corrected chi connectivity index (χ2v) is 5.73. The Labute approximate surface area is 140 Å². The highest BCUT2D eigenvalue weighted by Crippen LogP contribution is 2.28. The van der Waals surface area contributed by atoms with Gasteiger partial charge in [-0.05, 0) is 25.5 Å². The second kappa shape index (κ2) is 6.84. The van der Waals surface area contributed by atoms with Gasteiger partial charge in [0.05, 0.1) is 24.7 Å². The predicted molar refractivity (Wildman–Crippen MR) is 89.7 cm³/mol. The molecule has 2 aromatic rings. The minimum absolute atomic E-state index is 0.161. The van der Waals surface area contributed by atoms with E-state index in [0.717, 1.165) is 11.1 Å². The smallest absolute Gasteiger partial charge is 0.249 e. The van der Waals surface area contributed by atoms with Crippen molar-refractivity contribution in [2.24, 2.45) is 5.92 Å². The zero-order valence-corrected chi connectivity index (χ0v) is 13.7. The molecule has 24 heavy (non-hydrogen) atoms. The molecule has 3 rings (SSSR count). The molecule has 2 N–H and O–H groups in total. The monoisotopic (exact) mass is 328 g/mol. The molecule has 0 bridgehead atoms. The Balaban J connectivity index is 1.74. The number of benzene rings is 1. The van der Waals surface area contributed by atoms with Crippen molar-refractivity contribution in [1.29, 1.82) is 0 Å². The van der Waals surface area contributed by atoms with Crippen LogP contribution in [0.1, 0.15) is 13.3 Å². The minimum Gasteiger partial charge on any atom is -0.496 e. The number of carbonyl (C=O) groups is 1. The molecule has 7 nitrogen and oxygen atoms in total. The van der Waals surface area contributed by atoms with Gasteiger partial charge in [0.15, 0.2) is 5.82 Å². The van der Waals surface area contributed by atoms with E-state index in [1.807, 2.05) is 31.2 Å². The summed E-state index contributed by atoms with van der Waals surface area (Å²) in [5, 5.41) is 9.63. The lowest BCUT2D eigenvalue weighted by Gasteiger charge is -2.16. The largest absolute Gasteiger partial charge is 0.496 e. The first-order valence-electron chi connectivity index (χ1n) is 7.74. The molecule has 1 aliphatic heterocycles. The highest BCUT2D eigenvalue weighted by atomic mass is 16.5. The fourth-order valence-corrected chi connectivity index (χ4v) is 2.83. The van der Waals surface area contributed by atoms with Crippen LogP contribution in [0.5, 0.6) is 5.75 Å². The van der Waals surface area contributed by atoms with Crippen LogP contribution >= 0.6 is 0 Å². The molecule has 1 amide bonds. The van der Waals surface area contributed by atoms with Gasteiger partial charge in [-0.1, -0.05) is 24.3 Å². The Bertz CT molecular complexity index is 756. The number of para-hydroxylation sites is 1. The third kappa shape index (κ3) is 3.16. The van der Waals surface area contributed by atoms with Gasteiger partial charge in [-0.15, -0.1) is 5.10 Å². The first kappa shape index (κ1) is 16.2. The number of amides is 1. The Morgan fingerprint density at radius 2 is 2.25 bits per heavy atom. The van der Waals surface area contributed by atoms with Crippen molar-refractivity contribution < 1.29 is 14.3 Å². The van der Waals surface area contributed by atoms with Crippen LogP contribution in [-0.4, -0.2) is 40.9 Å². The zero-order valence-electron chi connectivity index (χ0n) is 13.7. The quantitative estimate of drug-likeness (QED) is 0.823. The number of H-pyrrole nitrogens is 1. The molecule has 2 heterocycles. The van der Waals surface area contributed by atoms with Gasteiger partial charge in [-0.2, -0.15) is 4.98 Å². The Morgan fingerprint density at radius 3 is 3.00 bits per heavy atom. The summed E-state index contributed by atoms with van der Waals surface area (Å²) in [5.41, 5.74) is 1.62. The van der Waals surface area contributed by atoms with E-state index in [0.29, 0.717) is 24.6 Å². The first-order chi connectivity index (χ1) is 11.6. The van der Waals surface area contributed by atoms with Gasteiger partial charge in [0, 0.05) is 6.61 Å². The average molecular weight is 328 g/mol. The van der Waals surface area contributed by atoms with Gasteiger partial charge in [0.25, 0.3) is 0 Å². The average Bonchev–Trinajstić information content (AvgIpc) is 3.24. The molecule has 1 saturated heterocycles. The van der Waals surface area contributed by atoms with Crippen LogP contribution in [0.15, 0.2) is 36.4 Å². The number of ether oxygens (including phenoxy) is 2. The standard InChI is InChI=1S/C17H20N4O3/c1-10(2)14-12(8-9-24-14)16(22)19-17-18-15(20-21-17)11-6-4-5-7-13(11)23-3/h4-7,12,14H,1,8-9H2,2-3H3,(H2,18,19,20,21,22)/t12-,14-/m1/s1. The molecule has 1 fully saturated rings. The van der Waals surface area contributed by atoms with Crippen LogP contribution in [0.2, 0.25) is 0 Å². The summed E-state index contributed by atoms with van der Waals surface area (Å²) in [6.45, 7) is 6.30. The van der Waals surface area contributed by atoms with Crippen LogP contribution in [0.4, 0.5) is 5.95 Å². The predicted octanol–water partition coefficient (Wildman–Crippen LogP) is 2.40. The van der Waals surface area contributed by atoms with Gasteiger partial charge in [-0.25, -0.2) is 0 Å². The van der Waals surface area contributed by atoms with E-state index < -0.39 is 0 Å². The summed E-state index contributed by atoms with van der Waals surface area (Å²) in [4.78, 5) is 16.8. The lowest BCUT2D eigenvalue weighted by Crippen LogP contribution is -2.30. The van der Waals surface area contributed by atoms with Gasteiger partial charge < -0.3 is 9.47 Å². The Kier molecular flexibility index (Phi) is 4.61. The number of hydrogen-bond donors (Lipinski definition) is 2. The fourth-order valence-electron chi connectivity index (χ4n) is 2.83. The van der Waals surface area contributed by atoms with Crippen molar-refractivity contribution in [3.8, 4) is 17.1 Å². The SMILES string of the molecule is C=C(C)[C@H]1OCC[C@H]1C(=O)Nc1n[nH]c(-c2ccccc2OC)n1. The van der Waals surface area contributed by atoms with Crippen LogP contribution in [0.3, 0.4) is 0 Å². The maximum Gasteiger partial charge on any atom is 0.249 e. The van der Waals surface area contributed by atoms with E-state index in [9.17, 15) is 4.79 Å². The summed E-state index contributed by atoms with van der Waals surface area (Å²) < 4.78 is 10.9. The van der Waals surface area contributed by atoms with E-state index >= 15 is 0 Å². The normalized spacial score (nSPS) is 19.9. The van der Waals surface area contributed by atoms with Gasteiger partial charge >= 0.3 is 0 Å². The molecule has 1 aromatic heterocycles. The van der Waals surface area contributed by atoms with E-state index in [4.69, 9.17) is 9.47 Å². The number of rotatable bonds is 5. The molecular formula is C17H20N4O3. The summed E-state index contributed by atoms with van der Waals surface area (Å²) in [5.74, 6) is 1.01. The third-order valence-electron chi connectivity index (χ3n) is 4.00. The number of aromatic nitrogens is 3. The number of carbonyl (C=O) groups excluding carboxylic acids is 1. The van der Waals surface area contributed by atoms with Crippen LogP contribution in [0, 0.1) is 5.92 Å². The number of anilines is 1. The molecule has 0 spiro atoms. The van der Waals surface area contributed by atoms with Crippen LogP contribution in [-0.2, 0) is 9.53 Å². The summed E-state index contributed by atoms with van der Waals surface area (Å²) in [6, 6.07) is 7.46. The van der Waals surface area contributed by atoms with Crippen molar-refractivity contribution in [1.82, 2.24) is 15.2 Å². The molecule has 0 saturated carbocycles. The number of hydrogen-bond acceptors (Lipinski definition) is 5. The molecule has 1 aromatic carbocycles. The molecule has 2 atom stereocenters. The van der Waals surface area contributed by atoms with E-state index in [-0.39, 0.29) is 23.9 Å². The van der Waals surface area contributed by atoms with E-state index in [1.165, 1.54) is 0 Å². The van der Waals surface area contributed by atoms with Crippen molar-refractivity contribution in [3.05, 3.63) is 36.4 Å². The van der Waals surface area contributed by atoms with Gasteiger partial charge in [0.2, 0.25) is 11.9 Å². The molecule has 0 radical (unpaired) electrons. The molecule has 126 valence electrons. The van der Waals surface area contributed by atoms with Crippen LogP contribution < -0.4 is 10.1 Å². The van der Waals surface area contributed by atoms with Crippen molar-refractivity contribution in [2.75, 3.05) is 19.0 Å². The second-order valence-electron chi connectivity index (χ2n) is 5.73. The number of nitrogens with zero attached hydrogens (tertiary/aromatic N) is 2. The number of methoxy groups -OCH3 is 1. The van der Waals surface area contributed by atoms with Gasteiger partial charge in [0.1, 0.15) is 5.75 Å². The van der Waals surface area contributed by atoms with Crippen molar-refractivity contribution in [2.45, 2.75) is 19.4 Å². The van der Waals surface area contributed by atoms with Crippen molar-refractivity contribution >= 4 is 11.9 Å². The minimum atomic E-state index is -0.268. The maximum atomic E-state index is 12.4. The van der Waals surface area contributed by atoms with Crippen LogP contribution in [0.25, 0.3) is 11.4 Å². The molecule has 0 aliphatic carbocycles. The highest BCUT2D eigenvalue weighted by molar-refractivity contribution is 5.92. The van der Waals surface area contributed by atoms with Crippen molar-refractivity contribution in [3.63, 3.8) is 0 Å². The van der Waals surface area contributed by atoms with E-state index in [2.05, 4.69) is 27.1 Å². The lowest BCUT2D eigenvalue weighted by molar-refractivity contribution is -0.120.